The predicted molar refractivity (Wildman–Crippen MR) is 74.6 cm³/mol. The summed E-state index contributed by atoms with van der Waals surface area (Å²) >= 11 is 0. The molecule has 3 heteroatoms. The molecule has 2 rings (SSSR count). The van der Waals surface area contributed by atoms with Gasteiger partial charge in [-0.3, -0.25) is 0 Å². The maximum atomic E-state index is 4.46. The minimum Gasteiger partial charge on any atom is -0.247 e. The van der Waals surface area contributed by atoms with Crippen LogP contribution in [0.4, 0.5) is 0 Å². The molecule has 0 saturated heterocycles. The Morgan fingerprint density at radius 2 is 1.94 bits per heavy atom. The Morgan fingerprint density at radius 3 is 2.56 bits per heavy atom. The van der Waals surface area contributed by atoms with Crippen LogP contribution in [0.2, 0.25) is 0 Å². The third-order valence-corrected chi connectivity index (χ3v) is 4.24. The van der Waals surface area contributed by atoms with Crippen molar-refractivity contribution in [3.63, 3.8) is 0 Å². The normalized spacial score (nSPS) is 21.6. The summed E-state index contributed by atoms with van der Waals surface area (Å²) in [5.41, 5.74) is 3.01. The molecule has 0 spiro atoms. The second-order valence-electron chi connectivity index (χ2n) is 7.03. The van der Waals surface area contributed by atoms with Gasteiger partial charge in [0.05, 0.1) is 11.4 Å². The van der Waals surface area contributed by atoms with Crippen molar-refractivity contribution in [3.8, 4) is 0 Å². The van der Waals surface area contributed by atoms with Gasteiger partial charge in [-0.05, 0) is 50.9 Å². The lowest BCUT2D eigenvalue weighted by atomic mass is 9.74. The second kappa shape index (κ2) is 5.02. The first kappa shape index (κ1) is 13.6. The molecule has 1 heterocycles. The van der Waals surface area contributed by atoms with Crippen molar-refractivity contribution >= 4 is 0 Å². The number of hydrogen-bond donors (Lipinski definition) is 0. The summed E-state index contributed by atoms with van der Waals surface area (Å²) in [6.45, 7) is 11.4. The summed E-state index contributed by atoms with van der Waals surface area (Å²) in [6.07, 6.45) is 6.20. The summed E-state index contributed by atoms with van der Waals surface area (Å²) in [6, 6.07) is 0.425. The first-order valence-corrected chi connectivity index (χ1v) is 7.32. The topological polar surface area (TPSA) is 30.7 Å². The number of hydrogen-bond acceptors (Lipinski definition) is 2. The molecule has 0 N–H and O–H groups in total. The molecule has 0 radical (unpaired) electrons. The molecule has 18 heavy (non-hydrogen) atoms. The van der Waals surface area contributed by atoms with Crippen LogP contribution in [0.5, 0.6) is 0 Å². The molecule has 0 aromatic carbocycles. The van der Waals surface area contributed by atoms with Crippen LogP contribution in [0.1, 0.15) is 71.3 Å². The number of nitrogens with zero attached hydrogens (tertiary/aromatic N) is 3. The van der Waals surface area contributed by atoms with Gasteiger partial charge in [-0.1, -0.05) is 32.4 Å². The lowest BCUT2D eigenvalue weighted by molar-refractivity contribution is 0.214. The summed E-state index contributed by atoms with van der Waals surface area (Å²) in [5.74, 6) is 0.730. The number of fused-ring (bicyclic) bond motifs is 1. The first-order chi connectivity index (χ1) is 8.39. The van der Waals surface area contributed by atoms with E-state index in [2.05, 4.69) is 49.6 Å². The van der Waals surface area contributed by atoms with Crippen LogP contribution in [0, 0.1) is 11.3 Å². The standard InChI is InChI=1S/C15H27N3/c1-11(2)18-14-9-7-6-8-12(15(3,4)5)10-13(14)16-17-18/h11-12H,6-10H2,1-5H3. The van der Waals surface area contributed by atoms with E-state index in [1.807, 2.05) is 0 Å². The van der Waals surface area contributed by atoms with Gasteiger partial charge in [0.2, 0.25) is 0 Å². The lowest BCUT2D eigenvalue weighted by Gasteiger charge is -2.31. The van der Waals surface area contributed by atoms with Gasteiger partial charge in [0.25, 0.3) is 0 Å². The van der Waals surface area contributed by atoms with E-state index in [-0.39, 0.29) is 0 Å². The van der Waals surface area contributed by atoms with Gasteiger partial charge in [-0.2, -0.15) is 0 Å². The second-order valence-corrected chi connectivity index (χ2v) is 7.03. The molecule has 0 saturated carbocycles. The van der Waals surface area contributed by atoms with E-state index in [4.69, 9.17) is 0 Å². The molecule has 0 fully saturated rings. The number of rotatable bonds is 1. The predicted octanol–water partition coefficient (Wildman–Crippen LogP) is 3.79. The molecule has 102 valence electrons. The zero-order valence-corrected chi connectivity index (χ0v) is 12.5. The van der Waals surface area contributed by atoms with E-state index in [1.54, 1.807) is 0 Å². The van der Waals surface area contributed by atoms with Crippen molar-refractivity contribution in [2.24, 2.45) is 11.3 Å². The Labute approximate surface area is 111 Å². The third kappa shape index (κ3) is 2.76. The van der Waals surface area contributed by atoms with E-state index in [9.17, 15) is 0 Å². The van der Waals surface area contributed by atoms with Crippen LogP contribution in [0.25, 0.3) is 0 Å². The molecule has 1 aromatic rings. The van der Waals surface area contributed by atoms with Gasteiger partial charge in [-0.15, -0.1) is 5.10 Å². The van der Waals surface area contributed by atoms with Crippen molar-refractivity contribution < 1.29 is 0 Å². The van der Waals surface area contributed by atoms with Crippen LogP contribution in [0.3, 0.4) is 0 Å². The molecular formula is C15H27N3. The van der Waals surface area contributed by atoms with Gasteiger partial charge in [0.1, 0.15) is 0 Å². The van der Waals surface area contributed by atoms with Gasteiger partial charge >= 0.3 is 0 Å². The maximum Gasteiger partial charge on any atom is 0.0862 e. The molecule has 0 aliphatic heterocycles. The molecule has 1 unspecified atom stereocenters. The zero-order valence-electron chi connectivity index (χ0n) is 12.5. The van der Waals surface area contributed by atoms with Crippen molar-refractivity contribution in [1.29, 1.82) is 0 Å². The molecular weight excluding hydrogens is 222 g/mol. The van der Waals surface area contributed by atoms with Crippen molar-refractivity contribution in [2.45, 2.75) is 72.8 Å². The number of aromatic nitrogens is 3. The monoisotopic (exact) mass is 249 g/mol. The average Bonchev–Trinajstić information content (AvgIpc) is 2.58. The van der Waals surface area contributed by atoms with Crippen LogP contribution in [0.15, 0.2) is 0 Å². The fraction of sp³-hybridized carbons (Fsp3) is 0.867. The zero-order chi connectivity index (χ0) is 13.3. The maximum absolute atomic E-state index is 4.46. The smallest absolute Gasteiger partial charge is 0.0862 e. The molecule has 1 aromatic heterocycles. The largest absolute Gasteiger partial charge is 0.247 e. The van der Waals surface area contributed by atoms with E-state index in [0.717, 1.165) is 18.8 Å². The Hall–Kier alpha value is -0.860. The van der Waals surface area contributed by atoms with E-state index < -0.39 is 0 Å². The SMILES string of the molecule is CC(C)n1nnc2c1CCCCC(C(C)(C)C)C2. The van der Waals surface area contributed by atoms with E-state index >= 15 is 0 Å². The summed E-state index contributed by atoms with van der Waals surface area (Å²) in [5, 5.41) is 8.82. The molecule has 0 amide bonds. The quantitative estimate of drug-likeness (QED) is 0.758. The highest BCUT2D eigenvalue weighted by molar-refractivity contribution is 5.13. The third-order valence-electron chi connectivity index (χ3n) is 4.24. The van der Waals surface area contributed by atoms with Crippen LogP contribution in [-0.2, 0) is 12.8 Å². The van der Waals surface area contributed by atoms with E-state index in [0.29, 0.717) is 11.5 Å². The fourth-order valence-electron chi connectivity index (χ4n) is 2.94. The lowest BCUT2D eigenvalue weighted by Crippen LogP contribution is -2.24. The average molecular weight is 249 g/mol. The van der Waals surface area contributed by atoms with E-state index in [1.165, 1.54) is 30.7 Å². The fourth-order valence-corrected chi connectivity index (χ4v) is 2.94. The van der Waals surface area contributed by atoms with Crippen LogP contribution < -0.4 is 0 Å². The van der Waals surface area contributed by atoms with Crippen molar-refractivity contribution in [3.05, 3.63) is 11.4 Å². The highest BCUT2D eigenvalue weighted by Crippen LogP contribution is 2.35. The van der Waals surface area contributed by atoms with Gasteiger partial charge in [-0.25, -0.2) is 4.68 Å². The Morgan fingerprint density at radius 1 is 1.22 bits per heavy atom. The van der Waals surface area contributed by atoms with Crippen molar-refractivity contribution in [2.75, 3.05) is 0 Å². The Balaban J connectivity index is 2.29. The molecule has 0 bridgehead atoms. The Bertz CT molecular complexity index is 398. The summed E-state index contributed by atoms with van der Waals surface area (Å²) < 4.78 is 2.13. The molecule has 3 nitrogen and oxygen atoms in total. The van der Waals surface area contributed by atoms with Crippen molar-refractivity contribution in [1.82, 2.24) is 15.0 Å². The Kier molecular flexibility index (Phi) is 3.79. The van der Waals surface area contributed by atoms with Crippen LogP contribution >= 0.6 is 0 Å². The molecule has 1 atom stereocenters. The minimum absolute atomic E-state index is 0.371. The van der Waals surface area contributed by atoms with Gasteiger partial charge in [0.15, 0.2) is 0 Å². The molecule has 1 aliphatic rings. The van der Waals surface area contributed by atoms with Crippen LogP contribution in [-0.4, -0.2) is 15.0 Å². The summed E-state index contributed by atoms with van der Waals surface area (Å²) in [7, 11) is 0. The van der Waals surface area contributed by atoms with Gasteiger partial charge < -0.3 is 0 Å². The van der Waals surface area contributed by atoms with Gasteiger partial charge in [0, 0.05) is 6.04 Å². The highest BCUT2D eigenvalue weighted by atomic mass is 15.4. The first-order valence-electron chi connectivity index (χ1n) is 7.32. The highest BCUT2D eigenvalue weighted by Gasteiger charge is 2.28. The molecule has 1 aliphatic carbocycles. The summed E-state index contributed by atoms with van der Waals surface area (Å²) in [4.78, 5) is 0. The minimum atomic E-state index is 0.371.